The first-order chi connectivity index (χ1) is 16.2. The Morgan fingerprint density at radius 3 is 2.59 bits per heavy atom. The molecule has 190 valence electrons. The van der Waals surface area contributed by atoms with Crippen LogP contribution < -0.4 is 37.2 Å². The largest absolute Gasteiger partial charge is 0.493 e. The van der Waals surface area contributed by atoms with Crippen LogP contribution in [0.3, 0.4) is 0 Å². The summed E-state index contributed by atoms with van der Waals surface area (Å²) in [7, 11) is 1.49. The third kappa shape index (κ3) is 12.7. The Balaban J connectivity index is 2.41. The van der Waals surface area contributed by atoms with Crippen LogP contribution in [0.4, 0.5) is 0 Å². The smallest absolute Gasteiger partial charge is 0.269 e. The highest BCUT2D eigenvalue weighted by atomic mass is 16.7. The summed E-state index contributed by atoms with van der Waals surface area (Å²) in [6.07, 6.45) is 8.64. The van der Waals surface area contributed by atoms with Crippen LogP contribution in [0.5, 0.6) is 11.5 Å². The fraction of sp³-hybridized carbons (Fsp3) is 0.542. The molecule has 2 amide bonds. The number of rotatable bonds is 16. The molecule has 0 saturated carbocycles. The molecule has 10 heteroatoms. The minimum Gasteiger partial charge on any atom is -0.493 e. The molecule has 1 atom stereocenters. The number of nitrogens with one attached hydrogen (secondary N) is 4. The van der Waals surface area contributed by atoms with Gasteiger partial charge in [-0.2, -0.15) is 5.48 Å². The number of methoxy groups -OCH3 is 1. The molecule has 0 saturated heterocycles. The number of ether oxygens (including phenoxy) is 1. The van der Waals surface area contributed by atoms with Crippen molar-refractivity contribution in [2.45, 2.75) is 65.0 Å². The van der Waals surface area contributed by atoms with Crippen molar-refractivity contribution in [3.8, 4) is 11.5 Å². The summed E-state index contributed by atoms with van der Waals surface area (Å²) < 4.78 is 5.34. The Morgan fingerprint density at radius 2 is 1.91 bits per heavy atom. The molecule has 1 rings (SSSR count). The van der Waals surface area contributed by atoms with Gasteiger partial charge in [-0.15, -0.1) is 0 Å². The highest BCUT2D eigenvalue weighted by molar-refractivity contribution is 5.80. The van der Waals surface area contributed by atoms with E-state index < -0.39 is 11.9 Å². The zero-order valence-electron chi connectivity index (χ0n) is 20.5. The molecular formula is C24H40N6O4. The number of benzene rings is 1. The number of hydrogen-bond donors (Lipinski definition) is 6. The first kappa shape index (κ1) is 28.8. The molecule has 34 heavy (non-hydrogen) atoms. The number of guanidine groups is 1. The second-order valence-corrected chi connectivity index (χ2v) is 8.34. The van der Waals surface area contributed by atoms with Crippen molar-refractivity contribution in [1.82, 2.24) is 16.1 Å². The van der Waals surface area contributed by atoms with Crippen molar-refractivity contribution in [2.75, 3.05) is 13.7 Å². The van der Waals surface area contributed by atoms with Gasteiger partial charge in [0.25, 0.3) is 5.91 Å². The van der Waals surface area contributed by atoms with Crippen molar-refractivity contribution in [3.63, 3.8) is 0 Å². The van der Waals surface area contributed by atoms with E-state index in [0.29, 0.717) is 49.8 Å². The molecular weight excluding hydrogens is 436 g/mol. The predicted octanol–water partition coefficient (Wildman–Crippen LogP) is 2.08. The van der Waals surface area contributed by atoms with E-state index >= 15 is 0 Å². The maximum Gasteiger partial charge on any atom is 0.269 e. The van der Waals surface area contributed by atoms with Gasteiger partial charge in [-0.3, -0.25) is 15.0 Å². The molecule has 10 nitrogen and oxygen atoms in total. The van der Waals surface area contributed by atoms with Gasteiger partial charge in [0.2, 0.25) is 5.91 Å². The summed E-state index contributed by atoms with van der Waals surface area (Å²) in [6.45, 7) is 5.11. The second kappa shape index (κ2) is 16.4. The Hall–Kier alpha value is -3.27. The van der Waals surface area contributed by atoms with Crippen LogP contribution in [0.2, 0.25) is 0 Å². The Kier molecular flexibility index (Phi) is 13.8. The van der Waals surface area contributed by atoms with Gasteiger partial charge in [-0.05, 0) is 55.7 Å². The SMILES string of the molecule is COc1cc(CNC(=O)CCCC/C=C/C(C)C)ccc1ONC(=O)[C@@H](N)CCCNC(=N)N. The van der Waals surface area contributed by atoms with Crippen LogP contribution in [0.1, 0.15) is 57.9 Å². The first-order valence-corrected chi connectivity index (χ1v) is 11.6. The number of allylic oxidation sites excluding steroid dienone is 2. The predicted molar refractivity (Wildman–Crippen MR) is 133 cm³/mol. The monoisotopic (exact) mass is 476 g/mol. The van der Waals surface area contributed by atoms with Gasteiger partial charge >= 0.3 is 0 Å². The molecule has 1 aromatic carbocycles. The van der Waals surface area contributed by atoms with E-state index in [4.69, 9.17) is 26.5 Å². The lowest BCUT2D eigenvalue weighted by Gasteiger charge is -2.15. The summed E-state index contributed by atoms with van der Waals surface area (Å²) in [5, 5.41) is 12.6. The minimum absolute atomic E-state index is 0.00638. The van der Waals surface area contributed by atoms with Gasteiger partial charge in [0.1, 0.15) is 0 Å². The fourth-order valence-corrected chi connectivity index (χ4v) is 2.97. The molecule has 0 aromatic heterocycles. The number of hydrogen-bond acceptors (Lipinski definition) is 6. The maximum atomic E-state index is 12.1. The maximum absolute atomic E-state index is 12.1. The number of hydroxylamine groups is 1. The van der Waals surface area contributed by atoms with E-state index in [1.807, 2.05) is 0 Å². The van der Waals surface area contributed by atoms with Crippen LogP contribution in [0.15, 0.2) is 30.4 Å². The van der Waals surface area contributed by atoms with Crippen molar-refractivity contribution in [3.05, 3.63) is 35.9 Å². The lowest BCUT2D eigenvalue weighted by Crippen LogP contribution is -2.42. The van der Waals surface area contributed by atoms with Gasteiger partial charge in [-0.1, -0.05) is 32.1 Å². The molecule has 0 heterocycles. The van der Waals surface area contributed by atoms with Crippen molar-refractivity contribution in [1.29, 1.82) is 5.41 Å². The van der Waals surface area contributed by atoms with E-state index in [-0.39, 0.29) is 11.9 Å². The molecule has 0 aliphatic carbocycles. The van der Waals surface area contributed by atoms with E-state index in [9.17, 15) is 9.59 Å². The number of carbonyl (C=O) groups excluding carboxylic acids is 2. The Morgan fingerprint density at radius 1 is 1.15 bits per heavy atom. The minimum atomic E-state index is -0.763. The zero-order chi connectivity index (χ0) is 25.3. The fourth-order valence-electron chi connectivity index (χ4n) is 2.97. The Bertz CT molecular complexity index is 813. The van der Waals surface area contributed by atoms with Crippen LogP contribution in [0, 0.1) is 11.3 Å². The molecule has 0 bridgehead atoms. The first-order valence-electron chi connectivity index (χ1n) is 11.6. The van der Waals surface area contributed by atoms with Crippen molar-refractivity contribution in [2.24, 2.45) is 17.4 Å². The highest BCUT2D eigenvalue weighted by Crippen LogP contribution is 2.27. The topological polar surface area (TPSA) is 165 Å². The normalized spacial score (nSPS) is 11.8. The number of unbranched alkanes of at least 4 members (excludes halogenated alkanes) is 2. The molecule has 0 radical (unpaired) electrons. The number of amides is 2. The molecule has 8 N–H and O–H groups in total. The average Bonchev–Trinajstić information content (AvgIpc) is 2.80. The molecule has 0 unspecified atom stereocenters. The van der Waals surface area contributed by atoms with Crippen molar-refractivity contribution < 1.29 is 19.2 Å². The Labute approximate surface area is 202 Å². The summed E-state index contributed by atoms with van der Waals surface area (Å²) >= 11 is 0. The van der Waals surface area contributed by atoms with Crippen molar-refractivity contribution >= 4 is 17.8 Å². The summed E-state index contributed by atoms with van der Waals surface area (Å²) in [5.74, 6) is 0.710. The highest BCUT2D eigenvalue weighted by Gasteiger charge is 2.15. The molecule has 0 spiro atoms. The van der Waals surface area contributed by atoms with Gasteiger partial charge in [0.15, 0.2) is 17.5 Å². The van der Waals surface area contributed by atoms with Crippen LogP contribution in [0.25, 0.3) is 0 Å². The lowest BCUT2D eigenvalue weighted by molar-refractivity contribution is -0.129. The van der Waals surface area contributed by atoms with Gasteiger partial charge in [0, 0.05) is 19.5 Å². The van der Waals surface area contributed by atoms with Gasteiger partial charge in [-0.25, -0.2) is 0 Å². The molecule has 0 aliphatic heterocycles. The third-order valence-electron chi connectivity index (χ3n) is 4.87. The summed E-state index contributed by atoms with van der Waals surface area (Å²) in [6, 6.07) is 4.42. The molecule has 0 aliphatic rings. The van der Waals surface area contributed by atoms with E-state index in [1.54, 1.807) is 18.2 Å². The molecule has 1 aromatic rings. The van der Waals surface area contributed by atoms with Gasteiger partial charge in [0.05, 0.1) is 13.2 Å². The van der Waals surface area contributed by atoms with Gasteiger partial charge < -0.3 is 31.7 Å². The van der Waals surface area contributed by atoms with Crippen LogP contribution >= 0.6 is 0 Å². The lowest BCUT2D eigenvalue weighted by atomic mass is 10.1. The molecule has 0 fully saturated rings. The summed E-state index contributed by atoms with van der Waals surface area (Å²) in [4.78, 5) is 29.6. The van der Waals surface area contributed by atoms with Crippen LogP contribution in [-0.4, -0.2) is 37.5 Å². The average molecular weight is 477 g/mol. The van der Waals surface area contributed by atoms with E-state index in [1.165, 1.54) is 7.11 Å². The van der Waals surface area contributed by atoms with E-state index in [2.05, 4.69) is 42.1 Å². The number of nitrogens with two attached hydrogens (primary N) is 2. The quantitative estimate of drug-likeness (QED) is 0.0699. The second-order valence-electron chi connectivity index (χ2n) is 8.34. The zero-order valence-corrected chi connectivity index (χ0v) is 20.5. The standard InChI is InChI=1S/C24H40N6O4/c1-17(2)9-6-4-5-7-11-22(31)29-16-18-12-13-20(21(15-18)33-3)34-30-23(32)19(25)10-8-14-28-24(26)27/h6,9,12-13,15,17,19H,4-5,7-8,10-11,14,16,25H2,1-3H3,(H,29,31)(H,30,32)(H4,26,27,28)/b9-6+/t19-/m0/s1. The van der Waals surface area contributed by atoms with E-state index in [0.717, 1.165) is 24.8 Å². The van der Waals surface area contributed by atoms with Crippen LogP contribution in [-0.2, 0) is 16.1 Å². The third-order valence-corrected chi connectivity index (χ3v) is 4.87. The number of carbonyl (C=O) groups is 2. The summed E-state index contributed by atoms with van der Waals surface area (Å²) in [5.41, 5.74) is 14.2.